The van der Waals surface area contributed by atoms with Gasteiger partial charge in [0.15, 0.2) is 0 Å². The van der Waals surface area contributed by atoms with Crippen LogP contribution in [0.1, 0.15) is 77.0 Å². The zero-order chi connectivity index (χ0) is 13.6. The molecule has 2 unspecified atom stereocenters. The molecule has 1 heterocycles. The SMILES string of the molecule is NC1(O)CCCCCCC1N1CCCCCCCC1. The van der Waals surface area contributed by atoms with Gasteiger partial charge < -0.3 is 10.8 Å². The summed E-state index contributed by atoms with van der Waals surface area (Å²) in [7, 11) is 0. The molecule has 3 nitrogen and oxygen atoms in total. The molecule has 112 valence electrons. The molecule has 1 aliphatic heterocycles. The predicted molar refractivity (Wildman–Crippen MR) is 79.9 cm³/mol. The number of hydrogen-bond acceptors (Lipinski definition) is 3. The fourth-order valence-corrected chi connectivity index (χ4v) is 3.78. The maximum Gasteiger partial charge on any atom is 0.129 e. The van der Waals surface area contributed by atoms with Crippen LogP contribution in [0.5, 0.6) is 0 Å². The van der Waals surface area contributed by atoms with E-state index in [-0.39, 0.29) is 6.04 Å². The average molecular weight is 268 g/mol. The Labute approximate surface area is 118 Å². The first-order valence-electron chi connectivity index (χ1n) is 8.45. The van der Waals surface area contributed by atoms with Gasteiger partial charge in [-0.15, -0.1) is 0 Å². The fourth-order valence-electron chi connectivity index (χ4n) is 3.78. The average Bonchev–Trinajstić information content (AvgIpc) is 2.49. The molecule has 19 heavy (non-hydrogen) atoms. The molecule has 0 spiro atoms. The number of nitrogens with zero attached hydrogens (tertiary/aromatic N) is 1. The van der Waals surface area contributed by atoms with Crippen molar-refractivity contribution in [3.8, 4) is 0 Å². The highest BCUT2D eigenvalue weighted by Gasteiger charge is 2.36. The highest BCUT2D eigenvalue weighted by Crippen LogP contribution is 2.28. The molecule has 1 saturated heterocycles. The van der Waals surface area contributed by atoms with Crippen molar-refractivity contribution in [3.63, 3.8) is 0 Å². The van der Waals surface area contributed by atoms with Gasteiger partial charge in [-0.3, -0.25) is 4.90 Å². The molecule has 3 N–H and O–H groups in total. The van der Waals surface area contributed by atoms with E-state index in [0.717, 1.165) is 32.4 Å². The molecular weight excluding hydrogens is 236 g/mol. The van der Waals surface area contributed by atoms with Crippen LogP contribution in [0, 0.1) is 0 Å². The Morgan fingerprint density at radius 3 is 2.00 bits per heavy atom. The molecule has 2 aliphatic rings. The lowest BCUT2D eigenvalue weighted by molar-refractivity contribution is -0.0595. The molecule has 2 atom stereocenters. The first-order chi connectivity index (χ1) is 9.20. The lowest BCUT2D eigenvalue weighted by atomic mass is 9.88. The van der Waals surface area contributed by atoms with Crippen LogP contribution in [0.3, 0.4) is 0 Å². The minimum absolute atomic E-state index is 0.186. The molecule has 0 aromatic rings. The molecular formula is C16H32N2O. The largest absolute Gasteiger partial charge is 0.374 e. The lowest BCUT2D eigenvalue weighted by Gasteiger charge is -2.42. The molecule has 0 aromatic carbocycles. The van der Waals surface area contributed by atoms with Crippen LogP contribution in [0.4, 0.5) is 0 Å². The predicted octanol–water partition coefficient (Wildman–Crippen LogP) is 3.01. The van der Waals surface area contributed by atoms with Gasteiger partial charge in [-0.1, -0.05) is 44.9 Å². The Hall–Kier alpha value is -0.120. The molecule has 1 saturated carbocycles. The highest BCUT2D eigenvalue weighted by atomic mass is 16.3. The maximum absolute atomic E-state index is 10.7. The van der Waals surface area contributed by atoms with Crippen LogP contribution >= 0.6 is 0 Å². The number of rotatable bonds is 1. The van der Waals surface area contributed by atoms with Crippen molar-refractivity contribution < 1.29 is 5.11 Å². The van der Waals surface area contributed by atoms with Gasteiger partial charge in [0.25, 0.3) is 0 Å². The van der Waals surface area contributed by atoms with Crippen LogP contribution in [-0.4, -0.2) is 34.9 Å². The van der Waals surface area contributed by atoms with Gasteiger partial charge >= 0.3 is 0 Å². The van der Waals surface area contributed by atoms with Gasteiger partial charge in [0.05, 0.1) is 6.04 Å². The molecule has 0 aromatic heterocycles. The zero-order valence-electron chi connectivity index (χ0n) is 12.4. The van der Waals surface area contributed by atoms with Crippen molar-refractivity contribution >= 4 is 0 Å². The Balaban J connectivity index is 2.00. The lowest BCUT2D eigenvalue weighted by Crippen LogP contribution is -2.59. The van der Waals surface area contributed by atoms with Crippen molar-refractivity contribution in [2.75, 3.05) is 13.1 Å². The second kappa shape index (κ2) is 7.61. The molecule has 1 aliphatic carbocycles. The van der Waals surface area contributed by atoms with E-state index in [2.05, 4.69) is 4.90 Å². The van der Waals surface area contributed by atoms with Gasteiger partial charge in [-0.2, -0.15) is 0 Å². The standard InChI is InChI=1S/C16H32N2O/c17-16(19)12-8-4-3-7-11-15(16)18-13-9-5-1-2-6-10-14-18/h15,19H,1-14,17H2. The van der Waals surface area contributed by atoms with Gasteiger partial charge in [-0.25, -0.2) is 0 Å². The summed E-state index contributed by atoms with van der Waals surface area (Å²) in [5.41, 5.74) is 5.30. The van der Waals surface area contributed by atoms with Gasteiger partial charge in [0, 0.05) is 0 Å². The summed E-state index contributed by atoms with van der Waals surface area (Å²) < 4.78 is 0. The third-order valence-electron chi connectivity index (χ3n) is 4.96. The van der Waals surface area contributed by atoms with Crippen molar-refractivity contribution in [2.24, 2.45) is 5.73 Å². The first-order valence-corrected chi connectivity index (χ1v) is 8.45. The van der Waals surface area contributed by atoms with E-state index in [9.17, 15) is 5.11 Å². The van der Waals surface area contributed by atoms with Crippen LogP contribution in [0.2, 0.25) is 0 Å². The van der Waals surface area contributed by atoms with Crippen molar-refractivity contribution in [2.45, 2.75) is 88.8 Å². The maximum atomic E-state index is 10.7. The molecule has 0 radical (unpaired) electrons. The number of nitrogens with two attached hydrogens (primary N) is 1. The van der Waals surface area contributed by atoms with E-state index < -0.39 is 5.72 Å². The fraction of sp³-hybridized carbons (Fsp3) is 1.00. The quantitative estimate of drug-likeness (QED) is 0.719. The molecule has 2 rings (SSSR count). The van der Waals surface area contributed by atoms with Gasteiger partial charge in [-0.05, 0) is 45.2 Å². The number of hydrogen-bond donors (Lipinski definition) is 2. The van der Waals surface area contributed by atoms with Crippen molar-refractivity contribution in [1.29, 1.82) is 0 Å². The Morgan fingerprint density at radius 1 is 0.789 bits per heavy atom. The zero-order valence-corrected chi connectivity index (χ0v) is 12.4. The molecule has 0 bridgehead atoms. The third-order valence-corrected chi connectivity index (χ3v) is 4.96. The van der Waals surface area contributed by atoms with E-state index in [4.69, 9.17) is 5.73 Å². The molecule has 0 amide bonds. The van der Waals surface area contributed by atoms with Crippen LogP contribution in [0.25, 0.3) is 0 Å². The van der Waals surface area contributed by atoms with E-state index >= 15 is 0 Å². The van der Waals surface area contributed by atoms with Crippen LogP contribution in [0.15, 0.2) is 0 Å². The Morgan fingerprint density at radius 2 is 1.32 bits per heavy atom. The van der Waals surface area contributed by atoms with Gasteiger partial charge in [0.2, 0.25) is 0 Å². The summed E-state index contributed by atoms with van der Waals surface area (Å²) in [6.45, 7) is 2.26. The first kappa shape index (κ1) is 15.3. The smallest absolute Gasteiger partial charge is 0.129 e. The van der Waals surface area contributed by atoms with Crippen molar-refractivity contribution in [3.05, 3.63) is 0 Å². The molecule has 3 heteroatoms. The van der Waals surface area contributed by atoms with E-state index in [1.807, 2.05) is 0 Å². The summed E-state index contributed by atoms with van der Waals surface area (Å²) >= 11 is 0. The summed E-state index contributed by atoms with van der Waals surface area (Å²) in [5.74, 6) is 0. The normalized spacial score (nSPS) is 36.6. The van der Waals surface area contributed by atoms with Gasteiger partial charge in [0.1, 0.15) is 5.72 Å². The Kier molecular flexibility index (Phi) is 6.11. The minimum Gasteiger partial charge on any atom is -0.374 e. The monoisotopic (exact) mass is 268 g/mol. The van der Waals surface area contributed by atoms with E-state index in [1.165, 1.54) is 57.8 Å². The number of aliphatic hydroxyl groups is 1. The van der Waals surface area contributed by atoms with Crippen molar-refractivity contribution in [1.82, 2.24) is 4.90 Å². The summed E-state index contributed by atoms with van der Waals surface area (Å²) in [6.07, 6.45) is 14.7. The van der Waals surface area contributed by atoms with Crippen LogP contribution in [-0.2, 0) is 0 Å². The summed E-state index contributed by atoms with van der Waals surface area (Å²) in [4.78, 5) is 2.51. The highest BCUT2D eigenvalue weighted by molar-refractivity contribution is 4.90. The second-order valence-electron chi connectivity index (χ2n) is 6.62. The van der Waals surface area contributed by atoms with E-state index in [1.54, 1.807) is 0 Å². The third kappa shape index (κ3) is 4.73. The summed E-state index contributed by atoms with van der Waals surface area (Å²) in [6, 6.07) is 0.186. The van der Waals surface area contributed by atoms with E-state index in [0.29, 0.717) is 0 Å². The Bertz CT molecular complexity index is 245. The molecule has 2 fully saturated rings. The van der Waals surface area contributed by atoms with Crippen LogP contribution < -0.4 is 5.73 Å². The summed E-state index contributed by atoms with van der Waals surface area (Å²) in [5, 5.41) is 10.7. The second-order valence-corrected chi connectivity index (χ2v) is 6.62. The topological polar surface area (TPSA) is 49.5 Å². The minimum atomic E-state index is -0.964.